The fourth-order valence-corrected chi connectivity index (χ4v) is 4.60. The summed E-state index contributed by atoms with van der Waals surface area (Å²) < 4.78 is 20.2. The third kappa shape index (κ3) is 4.21. The maximum Gasteiger partial charge on any atom is 0.262 e. The maximum absolute atomic E-state index is 14.1. The van der Waals surface area contributed by atoms with Gasteiger partial charge in [0.15, 0.2) is 0 Å². The van der Waals surface area contributed by atoms with Crippen LogP contribution in [0.25, 0.3) is 0 Å². The molecule has 1 spiro atoms. The summed E-state index contributed by atoms with van der Waals surface area (Å²) in [6.07, 6.45) is 2.75. The molecule has 2 aromatic rings. The molecule has 1 N–H and O–H groups in total. The molecule has 0 aliphatic carbocycles. The summed E-state index contributed by atoms with van der Waals surface area (Å²) in [6, 6.07) is 5.83. The van der Waals surface area contributed by atoms with E-state index in [9.17, 15) is 9.18 Å². The lowest BCUT2D eigenvalue weighted by Gasteiger charge is -2.39. The van der Waals surface area contributed by atoms with Gasteiger partial charge in [-0.3, -0.25) is 4.79 Å². The van der Waals surface area contributed by atoms with E-state index in [2.05, 4.69) is 20.4 Å². The largest absolute Gasteiger partial charge is 0.435 e. The minimum Gasteiger partial charge on any atom is -0.435 e. The van der Waals surface area contributed by atoms with Gasteiger partial charge in [0.05, 0.1) is 11.8 Å². The summed E-state index contributed by atoms with van der Waals surface area (Å²) in [7, 11) is 0. The van der Waals surface area contributed by atoms with Gasteiger partial charge < -0.3 is 19.9 Å². The third-order valence-corrected chi connectivity index (χ3v) is 6.17. The van der Waals surface area contributed by atoms with Crippen molar-refractivity contribution in [3.63, 3.8) is 0 Å². The fraction of sp³-hybridized carbons (Fsp3) is 0.522. The van der Waals surface area contributed by atoms with Gasteiger partial charge in [-0.25, -0.2) is 4.39 Å². The molecule has 2 fully saturated rings. The molecule has 1 aromatic heterocycles. The first kappa shape index (κ1) is 21.5. The summed E-state index contributed by atoms with van der Waals surface area (Å²) in [5, 5.41) is 11.5. The van der Waals surface area contributed by atoms with E-state index in [1.165, 1.54) is 18.2 Å². The highest BCUT2D eigenvalue weighted by Crippen LogP contribution is 2.40. The number of nitrogens with zero attached hydrogens (tertiary/aromatic N) is 4. The molecule has 166 valence electrons. The Morgan fingerprint density at radius 2 is 1.97 bits per heavy atom. The van der Waals surface area contributed by atoms with Gasteiger partial charge in [0.2, 0.25) is 0 Å². The second kappa shape index (κ2) is 8.42. The molecule has 0 unspecified atom stereocenters. The van der Waals surface area contributed by atoms with Crippen molar-refractivity contribution >= 4 is 11.6 Å². The summed E-state index contributed by atoms with van der Waals surface area (Å²) >= 11 is 0. The number of anilines is 1. The highest BCUT2D eigenvalue weighted by atomic mass is 19.1. The van der Waals surface area contributed by atoms with Crippen LogP contribution in [-0.4, -0.2) is 59.3 Å². The molecule has 2 aliphatic rings. The van der Waals surface area contributed by atoms with Crippen LogP contribution in [0.4, 0.5) is 10.1 Å². The van der Waals surface area contributed by atoms with E-state index >= 15 is 0 Å². The van der Waals surface area contributed by atoms with Crippen LogP contribution in [0.5, 0.6) is 11.6 Å². The fourth-order valence-electron chi connectivity index (χ4n) is 4.60. The van der Waals surface area contributed by atoms with E-state index in [4.69, 9.17) is 4.74 Å². The van der Waals surface area contributed by atoms with Crippen molar-refractivity contribution in [1.29, 1.82) is 0 Å². The minimum atomic E-state index is -0.485. The normalized spacial score (nSPS) is 17.3. The Morgan fingerprint density at radius 1 is 1.23 bits per heavy atom. The van der Waals surface area contributed by atoms with E-state index in [1.54, 1.807) is 11.1 Å². The van der Waals surface area contributed by atoms with Crippen molar-refractivity contribution < 1.29 is 13.9 Å². The van der Waals surface area contributed by atoms with Gasteiger partial charge in [-0.15, -0.1) is 5.10 Å². The first-order chi connectivity index (χ1) is 14.8. The third-order valence-electron chi connectivity index (χ3n) is 6.17. The molecule has 0 saturated carbocycles. The van der Waals surface area contributed by atoms with Crippen molar-refractivity contribution in [2.75, 3.05) is 31.1 Å². The number of carbonyl (C=O) groups is 1. The van der Waals surface area contributed by atoms with Crippen molar-refractivity contribution in [2.45, 2.75) is 46.2 Å². The highest BCUT2D eigenvalue weighted by molar-refractivity contribution is 5.97. The molecular weight excluding hydrogens is 397 g/mol. The smallest absolute Gasteiger partial charge is 0.262 e. The summed E-state index contributed by atoms with van der Waals surface area (Å²) in [4.78, 5) is 17.3. The van der Waals surface area contributed by atoms with Gasteiger partial charge in [-0.05, 0) is 58.4 Å². The highest BCUT2D eigenvalue weighted by Gasteiger charge is 2.43. The standard InChI is InChI=1S/C23H30FN5O2/c1-15(2)29(16(3)4)22(30)18-11-17(24)5-6-20(18)31-21-19(7-9-26-27-21)28-10-8-23(14-28)12-25-13-23/h5-7,9,11,15-16,25H,8,10,12-14H2,1-4H3. The number of rotatable bonds is 6. The zero-order valence-corrected chi connectivity index (χ0v) is 18.6. The monoisotopic (exact) mass is 427 g/mol. The van der Waals surface area contributed by atoms with Crippen LogP contribution < -0.4 is 15.0 Å². The molecule has 0 atom stereocenters. The van der Waals surface area contributed by atoms with Crippen molar-refractivity contribution in [3.05, 3.63) is 41.8 Å². The number of hydrogen-bond donors (Lipinski definition) is 1. The first-order valence-electron chi connectivity index (χ1n) is 10.9. The molecule has 0 bridgehead atoms. The number of nitrogens with one attached hydrogen (secondary N) is 1. The number of aromatic nitrogens is 2. The van der Waals surface area contributed by atoms with Gasteiger partial charge in [0.1, 0.15) is 17.3 Å². The lowest BCUT2D eigenvalue weighted by atomic mass is 9.81. The van der Waals surface area contributed by atoms with E-state index in [1.807, 2.05) is 33.8 Å². The summed E-state index contributed by atoms with van der Waals surface area (Å²) in [5.41, 5.74) is 1.33. The van der Waals surface area contributed by atoms with E-state index in [0.717, 1.165) is 38.3 Å². The van der Waals surface area contributed by atoms with E-state index in [-0.39, 0.29) is 29.3 Å². The Morgan fingerprint density at radius 3 is 2.58 bits per heavy atom. The number of amides is 1. The average molecular weight is 428 g/mol. The molecule has 1 aromatic carbocycles. The Balaban J connectivity index is 1.64. The van der Waals surface area contributed by atoms with Crippen molar-refractivity contribution in [1.82, 2.24) is 20.4 Å². The minimum absolute atomic E-state index is 0.0347. The average Bonchev–Trinajstić information content (AvgIpc) is 3.15. The topological polar surface area (TPSA) is 70.6 Å². The van der Waals surface area contributed by atoms with Crippen LogP contribution in [0.15, 0.2) is 30.5 Å². The quantitative estimate of drug-likeness (QED) is 0.761. The SMILES string of the molecule is CC(C)N(C(=O)c1cc(F)ccc1Oc1nnccc1N1CCC2(CNC2)C1)C(C)C. The predicted molar refractivity (Wildman–Crippen MR) is 117 cm³/mol. The Hall–Kier alpha value is -2.74. The van der Waals surface area contributed by atoms with Gasteiger partial charge >= 0.3 is 0 Å². The number of ether oxygens (including phenoxy) is 1. The van der Waals surface area contributed by atoms with Crippen molar-refractivity contribution in [2.24, 2.45) is 5.41 Å². The summed E-state index contributed by atoms with van der Waals surface area (Å²) in [6.45, 7) is 11.6. The van der Waals surface area contributed by atoms with E-state index in [0.29, 0.717) is 11.3 Å². The lowest BCUT2D eigenvalue weighted by molar-refractivity contribution is 0.0640. The molecule has 0 radical (unpaired) electrons. The number of benzene rings is 1. The second-order valence-corrected chi connectivity index (χ2v) is 9.14. The number of carbonyl (C=O) groups excluding carboxylic acids is 1. The van der Waals surface area contributed by atoms with Crippen molar-refractivity contribution in [3.8, 4) is 11.6 Å². The number of hydrogen-bond acceptors (Lipinski definition) is 6. The van der Waals surface area contributed by atoms with Gasteiger partial charge in [-0.1, -0.05) is 0 Å². The molecule has 2 saturated heterocycles. The molecule has 1 amide bonds. The molecule has 7 nitrogen and oxygen atoms in total. The van der Waals surface area contributed by atoms with Crippen LogP contribution in [0, 0.1) is 11.2 Å². The van der Waals surface area contributed by atoms with Gasteiger partial charge in [-0.2, -0.15) is 5.10 Å². The van der Waals surface area contributed by atoms with Crippen LogP contribution in [-0.2, 0) is 0 Å². The molecule has 3 heterocycles. The Labute approximate surface area is 182 Å². The summed E-state index contributed by atoms with van der Waals surface area (Å²) in [5.74, 6) is -0.154. The molecule has 31 heavy (non-hydrogen) atoms. The Kier molecular flexibility index (Phi) is 5.83. The number of halogens is 1. The maximum atomic E-state index is 14.1. The zero-order valence-electron chi connectivity index (χ0n) is 18.6. The Bertz CT molecular complexity index is 953. The van der Waals surface area contributed by atoms with Crippen LogP contribution in [0.1, 0.15) is 44.5 Å². The lowest BCUT2D eigenvalue weighted by Crippen LogP contribution is -2.54. The first-order valence-corrected chi connectivity index (χ1v) is 10.9. The van der Waals surface area contributed by atoms with Gasteiger partial charge in [0.25, 0.3) is 11.8 Å². The molecule has 8 heteroatoms. The van der Waals surface area contributed by atoms with Crippen LogP contribution in [0.2, 0.25) is 0 Å². The van der Waals surface area contributed by atoms with Crippen LogP contribution >= 0.6 is 0 Å². The van der Waals surface area contributed by atoms with Gasteiger partial charge in [0, 0.05) is 43.7 Å². The van der Waals surface area contributed by atoms with E-state index < -0.39 is 5.82 Å². The molecular formula is C23H30FN5O2. The molecule has 4 rings (SSSR count). The van der Waals surface area contributed by atoms with Crippen LogP contribution in [0.3, 0.4) is 0 Å². The second-order valence-electron chi connectivity index (χ2n) is 9.14. The predicted octanol–water partition coefficient (Wildman–Crippen LogP) is 3.47. The zero-order chi connectivity index (χ0) is 22.2. The molecule has 2 aliphatic heterocycles.